The van der Waals surface area contributed by atoms with Crippen molar-refractivity contribution in [2.45, 2.75) is 32.9 Å². The van der Waals surface area contributed by atoms with E-state index >= 15 is 0 Å². The minimum absolute atomic E-state index is 0.447. The van der Waals surface area contributed by atoms with E-state index in [4.69, 9.17) is 4.74 Å². The van der Waals surface area contributed by atoms with Gasteiger partial charge >= 0.3 is 0 Å². The van der Waals surface area contributed by atoms with E-state index in [1.165, 1.54) is 0 Å². The largest absolute Gasteiger partial charge is 0.380 e. The van der Waals surface area contributed by atoms with Crippen LogP contribution in [0.3, 0.4) is 0 Å². The van der Waals surface area contributed by atoms with Gasteiger partial charge in [-0.1, -0.05) is 0 Å². The first-order valence-electron chi connectivity index (χ1n) is 5.05. The second kappa shape index (κ2) is 7.30. The zero-order valence-corrected chi connectivity index (χ0v) is 9.63. The molecule has 0 saturated carbocycles. The molecule has 0 heterocycles. The monoisotopic (exact) mass is 188 g/mol. The minimum Gasteiger partial charge on any atom is -0.380 e. The van der Waals surface area contributed by atoms with Crippen molar-refractivity contribution in [2.24, 2.45) is 0 Å². The van der Waals surface area contributed by atoms with E-state index in [9.17, 15) is 0 Å². The Balaban J connectivity index is 3.40. The van der Waals surface area contributed by atoms with Crippen molar-refractivity contribution in [3.63, 3.8) is 0 Å². The highest BCUT2D eigenvalue weighted by atomic mass is 16.5. The predicted octanol–water partition coefficient (Wildman–Crippen LogP) is 0.951. The van der Waals surface area contributed by atoms with Gasteiger partial charge in [0.15, 0.2) is 0 Å². The number of ether oxygens (including phenoxy) is 1. The zero-order valence-electron chi connectivity index (χ0n) is 9.63. The SMILES string of the molecule is CCOCC(C)NCC(C)N(C)C. The second-order valence-electron chi connectivity index (χ2n) is 3.78. The van der Waals surface area contributed by atoms with E-state index in [1.54, 1.807) is 0 Å². The molecule has 0 spiro atoms. The Morgan fingerprint density at radius 3 is 2.38 bits per heavy atom. The lowest BCUT2D eigenvalue weighted by Gasteiger charge is -2.22. The van der Waals surface area contributed by atoms with Crippen LogP contribution in [0.4, 0.5) is 0 Å². The van der Waals surface area contributed by atoms with Crippen LogP contribution in [0.1, 0.15) is 20.8 Å². The summed E-state index contributed by atoms with van der Waals surface area (Å²) in [4.78, 5) is 2.21. The Morgan fingerprint density at radius 1 is 1.31 bits per heavy atom. The smallest absolute Gasteiger partial charge is 0.0616 e. The lowest BCUT2D eigenvalue weighted by Crippen LogP contribution is -2.40. The molecule has 0 aliphatic rings. The highest BCUT2D eigenvalue weighted by Gasteiger charge is 2.06. The Hall–Kier alpha value is -0.120. The molecule has 2 unspecified atom stereocenters. The maximum Gasteiger partial charge on any atom is 0.0616 e. The highest BCUT2D eigenvalue weighted by molar-refractivity contribution is 4.66. The Bertz CT molecular complexity index is 117. The van der Waals surface area contributed by atoms with Gasteiger partial charge in [0.25, 0.3) is 0 Å². The van der Waals surface area contributed by atoms with Crippen LogP contribution in [0.5, 0.6) is 0 Å². The summed E-state index contributed by atoms with van der Waals surface area (Å²) in [6, 6.07) is 1.02. The molecule has 0 saturated heterocycles. The molecule has 2 atom stereocenters. The first-order valence-corrected chi connectivity index (χ1v) is 5.05. The van der Waals surface area contributed by atoms with Gasteiger partial charge in [-0.3, -0.25) is 0 Å². The normalized spacial score (nSPS) is 16.2. The molecule has 0 rings (SSSR count). The predicted molar refractivity (Wildman–Crippen MR) is 57.1 cm³/mol. The molecule has 3 nitrogen and oxygen atoms in total. The number of nitrogens with one attached hydrogen (secondary N) is 1. The lowest BCUT2D eigenvalue weighted by atomic mass is 10.3. The van der Waals surface area contributed by atoms with Crippen LogP contribution in [0, 0.1) is 0 Å². The number of nitrogens with zero attached hydrogens (tertiary/aromatic N) is 1. The molecule has 80 valence electrons. The Morgan fingerprint density at radius 2 is 1.92 bits per heavy atom. The Kier molecular flexibility index (Phi) is 7.23. The summed E-state index contributed by atoms with van der Waals surface area (Å²) in [6.07, 6.45) is 0. The van der Waals surface area contributed by atoms with Crippen LogP contribution >= 0.6 is 0 Å². The number of rotatable bonds is 7. The van der Waals surface area contributed by atoms with Gasteiger partial charge in [0.2, 0.25) is 0 Å². The van der Waals surface area contributed by atoms with Crippen molar-refractivity contribution in [2.75, 3.05) is 33.9 Å². The second-order valence-corrected chi connectivity index (χ2v) is 3.78. The van der Waals surface area contributed by atoms with Crippen LogP contribution in [0.2, 0.25) is 0 Å². The molecule has 3 heteroatoms. The van der Waals surface area contributed by atoms with Crippen molar-refractivity contribution >= 4 is 0 Å². The van der Waals surface area contributed by atoms with Gasteiger partial charge in [-0.2, -0.15) is 0 Å². The van der Waals surface area contributed by atoms with Gasteiger partial charge < -0.3 is 15.0 Å². The molecule has 0 aromatic heterocycles. The fourth-order valence-electron chi connectivity index (χ4n) is 0.908. The summed E-state index contributed by atoms with van der Waals surface area (Å²) in [5, 5.41) is 3.43. The summed E-state index contributed by atoms with van der Waals surface area (Å²) in [6.45, 7) is 9.00. The van der Waals surface area contributed by atoms with E-state index in [-0.39, 0.29) is 0 Å². The molecule has 0 aromatic carbocycles. The summed E-state index contributed by atoms with van der Waals surface area (Å²) in [5.74, 6) is 0. The van der Waals surface area contributed by atoms with Crippen molar-refractivity contribution in [3.8, 4) is 0 Å². The van der Waals surface area contributed by atoms with Crippen LogP contribution < -0.4 is 5.32 Å². The molecular weight excluding hydrogens is 164 g/mol. The summed E-state index contributed by atoms with van der Waals surface area (Å²) in [7, 11) is 4.19. The van der Waals surface area contributed by atoms with Gasteiger partial charge in [0.05, 0.1) is 6.61 Å². The molecule has 0 fully saturated rings. The van der Waals surface area contributed by atoms with Gasteiger partial charge in [0.1, 0.15) is 0 Å². The topological polar surface area (TPSA) is 24.5 Å². The quantitative estimate of drug-likeness (QED) is 0.644. The van der Waals surface area contributed by atoms with E-state index in [1.807, 2.05) is 6.92 Å². The van der Waals surface area contributed by atoms with E-state index in [2.05, 4.69) is 38.2 Å². The molecule has 0 bridgehead atoms. The molecule has 0 aliphatic carbocycles. The number of likely N-dealkylation sites (N-methyl/N-ethyl adjacent to an activating group) is 1. The van der Waals surface area contributed by atoms with Gasteiger partial charge in [-0.15, -0.1) is 0 Å². The van der Waals surface area contributed by atoms with Crippen LogP contribution in [-0.2, 0) is 4.74 Å². The maximum absolute atomic E-state index is 5.31. The molecule has 0 aliphatic heterocycles. The molecule has 1 N–H and O–H groups in total. The van der Waals surface area contributed by atoms with Crippen molar-refractivity contribution in [3.05, 3.63) is 0 Å². The summed E-state index contributed by atoms with van der Waals surface area (Å²) in [5.41, 5.74) is 0. The Labute approximate surface area is 82.4 Å². The van der Waals surface area contributed by atoms with Gasteiger partial charge in [0, 0.05) is 25.2 Å². The van der Waals surface area contributed by atoms with Crippen molar-refractivity contribution in [1.29, 1.82) is 0 Å². The lowest BCUT2D eigenvalue weighted by molar-refractivity contribution is 0.125. The van der Waals surface area contributed by atoms with E-state index in [0.717, 1.165) is 19.8 Å². The average molecular weight is 188 g/mol. The van der Waals surface area contributed by atoms with Crippen LogP contribution in [0.15, 0.2) is 0 Å². The van der Waals surface area contributed by atoms with Crippen molar-refractivity contribution < 1.29 is 4.74 Å². The molecular formula is C10H24N2O. The van der Waals surface area contributed by atoms with Gasteiger partial charge in [-0.25, -0.2) is 0 Å². The third kappa shape index (κ3) is 6.99. The third-order valence-corrected chi connectivity index (χ3v) is 2.22. The van der Waals surface area contributed by atoms with Crippen LogP contribution in [0.25, 0.3) is 0 Å². The maximum atomic E-state index is 5.31. The zero-order chi connectivity index (χ0) is 10.3. The van der Waals surface area contributed by atoms with E-state index < -0.39 is 0 Å². The first-order chi connectivity index (χ1) is 6.07. The summed E-state index contributed by atoms with van der Waals surface area (Å²) < 4.78 is 5.31. The summed E-state index contributed by atoms with van der Waals surface area (Å²) >= 11 is 0. The number of hydrogen-bond acceptors (Lipinski definition) is 3. The van der Waals surface area contributed by atoms with Crippen molar-refractivity contribution in [1.82, 2.24) is 10.2 Å². The van der Waals surface area contributed by atoms with Gasteiger partial charge in [-0.05, 0) is 34.9 Å². The third-order valence-electron chi connectivity index (χ3n) is 2.22. The number of hydrogen-bond donors (Lipinski definition) is 1. The standard InChI is InChI=1S/C10H24N2O/c1-6-13-8-9(2)11-7-10(3)12(4)5/h9-11H,6-8H2,1-5H3. The van der Waals surface area contributed by atoms with Crippen LogP contribution in [-0.4, -0.2) is 50.8 Å². The average Bonchev–Trinajstić information content (AvgIpc) is 2.10. The first kappa shape index (κ1) is 12.9. The highest BCUT2D eigenvalue weighted by Crippen LogP contribution is 1.91. The molecule has 0 amide bonds. The minimum atomic E-state index is 0.447. The molecule has 0 radical (unpaired) electrons. The molecule has 0 aromatic rings. The fourth-order valence-corrected chi connectivity index (χ4v) is 0.908. The molecule has 13 heavy (non-hydrogen) atoms. The van der Waals surface area contributed by atoms with E-state index in [0.29, 0.717) is 12.1 Å². The fraction of sp³-hybridized carbons (Fsp3) is 1.00.